The molecule has 0 radical (unpaired) electrons. The molecule has 0 aromatic carbocycles. The van der Waals surface area contributed by atoms with Gasteiger partial charge in [-0.2, -0.15) is 0 Å². The molecule has 0 unspecified atom stereocenters. The quantitative estimate of drug-likeness (QED) is 0.570. The number of allylic oxidation sites excluding steroid dienone is 3. The van der Waals surface area contributed by atoms with Gasteiger partial charge in [-0.25, -0.2) is 9.59 Å². The maximum Gasteiger partial charge on any atom is 0.330 e. The molecule has 4 N–H and O–H groups in total. The van der Waals surface area contributed by atoms with Crippen molar-refractivity contribution in [3.05, 3.63) is 23.8 Å². The summed E-state index contributed by atoms with van der Waals surface area (Å²) in [5.41, 5.74) is 5.54. The van der Waals surface area contributed by atoms with Crippen LogP contribution in [0.25, 0.3) is 0 Å². The van der Waals surface area contributed by atoms with Crippen LogP contribution in [0.4, 0.5) is 4.79 Å². The van der Waals surface area contributed by atoms with Gasteiger partial charge in [0, 0.05) is 0 Å². The number of nitrogens with one attached hydrogen (secondary N) is 1. The van der Waals surface area contributed by atoms with Gasteiger partial charge in [-0.05, 0) is 18.4 Å². The summed E-state index contributed by atoms with van der Waals surface area (Å²) in [4.78, 5) is 21.4. The Morgan fingerprint density at radius 1 is 1.50 bits per heavy atom. The standard InChI is InChI=1S/C9H12N2O3/c10-9(14)11-7(8(12)13)6-4-2-1-3-5-6/h1-2,5,7H,3-4H2,(H,12,13)(H3,10,11,14)/t7-/m1/s1. The van der Waals surface area contributed by atoms with E-state index in [9.17, 15) is 9.59 Å². The summed E-state index contributed by atoms with van der Waals surface area (Å²) < 4.78 is 0. The zero-order chi connectivity index (χ0) is 10.6. The van der Waals surface area contributed by atoms with Gasteiger partial charge in [0.15, 0.2) is 0 Å². The normalized spacial score (nSPS) is 17.0. The maximum atomic E-state index is 10.8. The molecule has 1 rings (SSSR count). The first-order valence-corrected chi connectivity index (χ1v) is 4.24. The lowest BCUT2D eigenvalue weighted by Crippen LogP contribution is -2.44. The Labute approximate surface area is 81.3 Å². The van der Waals surface area contributed by atoms with Crippen LogP contribution in [0.5, 0.6) is 0 Å². The summed E-state index contributed by atoms with van der Waals surface area (Å²) in [7, 11) is 0. The molecule has 14 heavy (non-hydrogen) atoms. The van der Waals surface area contributed by atoms with E-state index in [1.165, 1.54) is 0 Å². The van der Waals surface area contributed by atoms with Crippen molar-refractivity contribution in [2.75, 3.05) is 0 Å². The molecular formula is C9H12N2O3. The number of primary amides is 1. The van der Waals surface area contributed by atoms with Gasteiger partial charge in [-0.15, -0.1) is 0 Å². The molecule has 0 aromatic heterocycles. The first kappa shape index (κ1) is 10.3. The molecule has 5 nitrogen and oxygen atoms in total. The molecule has 0 aliphatic heterocycles. The molecule has 0 aromatic rings. The number of carboxylic acids is 1. The summed E-state index contributed by atoms with van der Waals surface area (Å²) >= 11 is 0. The van der Waals surface area contributed by atoms with Gasteiger partial charge < -0.3 is 16.2 Å². The second-order valence-corrected chi connectivity index (χ2v) is 2.97. The number of hydrogen-bond donors (Lipinski definition) is 3. The molecule has 0 saturated heterocycles. The Balaban J connectivity index is 2.72. The Kier molecular flexibility index (Phi) is 3.28. The van der Waals surface area contributed by atoms with Crippen molar-refractivity contribution >= 4 is 12.0 Å². The van der Waals surface area contributed by atoms with Gasteiger partial charge in [-0.1, -0.05) is 18.2 Å². The van der Waals surface area contributed by atoms with Crippen molar-refractivity contribution < 1.29 is 14.7 Å². The van der Waals surface area contributed by atoms with Gasteiger partial charge in [0.05, 0.1) is 0 Å². The number of urea groups is 1. The second kappa shape index (κ2) is 4.45. The highest BCUT2D eigenvalue weighted by atomic mass is 16.4. The van der Waals surface area contributed by atoms with Gasteiger partial charge in [0.2, 0.25) is 0 Å². The fraction of sp³-hybridized carbons (Fsp3) is 0.333. The third-order valence-corrected chi connectivity index (χ3v) is 1.94. The van der Waals surface area contributed by atoms with E-state index >= 15 is 0 Å². The highest BCUT2D eigenvalue weighted by Gasteiger charge is 2.22. The number of nitrogens with two attached hydrogens (primary N) is 1. The molecule has 0 heterocycles. The Morgan fingerprint density at radius 2 is 2.21 bits per heavy atom. The summed E-state index contributed by atoms with van der Waals surface area (Å²) in [6, 6.07) is -1.83. The molecule has 0 spiro atoms. The van der Waals surface area contributed by atoms with Crippen LogP contribution in [0.15, 0.2) is 23.8 Å². The molecule has 76 valence electrons. The number of amides is 2. The number of aliphatic carboxylic acids is 1. The van der Waals surface area contributed by atoms with Crippen molar-refractivity contribution in [3.8, 4) is 0 Å². The number of carbonyl (C=O) groups is 2. The molecule has 1 atom stereocenters. The molecule has 1 aliphatic carbocycles. The Hall–Kier alpha value is -1.78. The van der Waals surface area contributed by atoms with Crippen LogP contribution < -0.4 is 11.1 Å². The highest BCUT2D eigenvalue weighted by molar-refractivity contribution is 5.84. The zero-order valence-electron chi connectivity index (χ0n) is 7.56. The second-order valence-electron chi connectivity index (χ2n) is 2.97. The monoisotopic (exact) mass is 196 g/mol. The van der Waals surface area contributed by atoms with E-state index in [1.807, 2.05) is 12.2 Å². The SMILES string of the molecule is NC(=O)N[C@@H](C(=O)O)C1=CCC=CC1. The topological polar surface area (TPSA) is 92.4 Å². The molecule has 1 aliphatic rings. The summed E-state index contributed by atoms with van der Waals surface area (Å²) in [5, 5.41) is 11.0. The number of rotatable bonds is 3. The van der Waals surface area contributed by atoms with Crippen molar-refractivity contribution in [1.82, 2.24) is 5.32 Å². The van der Waals surface area contributed by atoms with Crippen LogP contribution in [0, 0.1) is 0 Å². The van der Waals surface area contributed by atoms with Gasteiger partial charge in [0.1, 0.15) is 6.04 Å². The number of hydrogen-bond acceptors (Lipinski definition) is 2. The average molecular weight is 196 g/mol. The first-order chi connectivity index (χ1) is 6.61. The molecule has 0 saturated carbocycles. The fourth-order valence-corrected chi connectivity index (χ4v) is 1.31. The third kappa shape index (κ3) is 2.62. The number of carbonyl (C=O) groups excluding carboxylic acids is 1. The highest BCUT2D eigenvalue weighted by Crippen LogP contribution is 2.15. The fourth-order valence-electron chi connectivity index (χ4n) is 1.31. The Bertz CT molecular complexity index is 307. The molecule has 2 amide bonds. The number of carboxylic acid groups (broad SMARTS) is 1. The molecular weight excluding hydrogens is 184 g/mol. The average Bonchev–Trinajstić information content (AvgIpc) is 2.15. The van der Waals surface area contributed by atoms with E-state index in [0.29, 0.717) is 18.4 Å². The van der Waals surface area contributed by atoms with E-state index in [2.05, 4.69) is 5.32 Å². The van der Waals surface area contributed by atoms with Crippen LogP contribution in [0.1, 0.15) is 12.8 Å². The lowest BCUT2D eigenvalue weighted by Gasteiger charge is -2.17. The van der Waals surface area contributed by atoms with Crippen LogP contribution >= 0.6 is 0 Å². The summed E-state index contributed by atoms with van der Waals surface area (Å²) in [5.74, 6) is -1.09. The van der Waals surface area contributed by atoms with E-state index in [1.54, 1.807) is 6.08 Å². The lowest BCUT2D eigenvalue weighted by molar-refractivity contribution is -0.138. The van der Waals surface area contributed by atoms with Crippen LogP contribution in [-0.2, 0) is 4.79 Å². The van der Waals surface area contributed by atoms with Crippen LogP contribution in [0.2, 0.25) is 0 Å². The maximum absolute atomic E-state index is 10.8. The largest absolute Gasteiger partial charge is 0.479 e. The zero-order valence-corrected chi connectivity index (χ0v) is 7.56. The predicted molar refractivity (Wildman–Crippen MR) is 50.6 cm³/mol. The van der Waals surface area contributed by atoms with Crippen molar-refractivity contribution in [2.45, 2.75) is 18.9 Å². The van der Waals surface area contributed by atoms with Gasteiger partial charge >= 0.3 is 12.0 Å². The van der Waals surface area contributed by atoms with Crippen molar-refractivity contribution in [2.24, 2.45) is 5.73 Å². The minimum absolute atomic E-state index is 0.539. The van der Waals surface area contributed by atoms with Crippen molar-refractivity contribution in [1.29, 1.82) is 0 Å². The van der Waals surface area contributed by atoms with Gasteiger partial charge in [0.25, 0.3) is 0 Å². The van der Waals surface area contributed by atoms with E-state index in [4.69, 9.17) is 10.8 Å². The smallest absolute Gasteiger partial charge is 0.330 e. The minimum atomic E-state index is -1.09. The minimum Gasteiger partial charge on any atom is -0.479 e. The van der Waals surface area contributed by atoms with E-state index < -0.39 is 18.0 Å². The molecule has 0 bridgehead atoms. The predicted octanol–water partition coefficient (Wildman–Crippen LogP) is 0.384. The summed E-state index contributed by atoms with van der Waals surface area (Å²) in [6.45, 7) is 0. The van der Waals surface area contributed by atoms with Crippen molar-refractivity contribution in [3.63, 3.8) is 0 Å². The van der Waals surface area contributed by atoms with E-state index in [0.717, 1.165) is 0 Å². The first-order valence-electron chi connectivity index (χ1n) is 4.24. The van der Waals surface area contributed by atoms with E-state index in [-0.39, 0.29) is 0 Å². The third-order valence-electron chi connectivity index (χ3n) is 1.94. The lowest BCUT2D eigenvalue weighted by atomic mass is 9.99. The van der Waals surface area contributed by atoms with Crippen LogP contribution in [-0.4, -0.2) is 23.1 Å². The molecule has 5 heteroatoms. The molecule has 0 fully saturated rings. The van der Waals surface area contributed by atoms with Gasteiger partial charge in [-0.3, -0.25) is 0 Å². The Morgan fingerprint density at radius 3 is 2.64 bits per heavy atom. The summed E-state index contributed by atoms with van der Waals surface area (Å²) in [6.07, 6.45) is 6.83. The van der Waals surface area contributed by atoms with Crippen LogP contribution in [0.3, 0.4) is 0 Å².